The first-order valence-electron chi connectivity index (χ1n) is 8.42. The number of H-pyrrole nitrogens is 1. The number of phenols is 1. The third-order valence-corrected chi connectivity index (χ3v) is 4.62. The second kappa shape index (κ2) is 6.33. The number of aromatic nitrogens is 1. The maximum Gasteiger partial charge on any atom is 0.252 e. The Balaban J connectivity index is 1.62. The van der Waals surface area contributed by atoms with Gasteiger partial charge in [0.15, 0.2) is 0 Å². The fourth-order valence-electron chi connectivity index (χ4n) is 3.20. The number of nitrogens with zero attached hydrogens (tertiary/aromatic N) is 1. The van der Waals surface area contributed by atoms with Crippen LogP contribution in [0.4, 0.5) is 4.39 Å². The number of phenolic OH excluding ortho intramolecular Hbond substituents is 1. The zero-order valence-corrected chi connectivity index (χ0v) is 13.7. The minimum atomic E-state index is -0.362. The van der Waals surface area contributed by atoms with Crippen molar-refractivity contribution < 1.29 is 9.50 Å². The first-order valence-corrected chi connectivity index (χ1v) is 8.42. The van der Waals surface area contributed by atoms with Crippen LogP contribution in [-0.4, -0.2) is 21.0 Å². The summed E-state index contributed by atoms with van der Waals surface area (Å²) in [4.78, 5) is 17.4. The Morgan fingerprint density at radius 3 is 2.72 bits per heavy atom. The first-order chi connectivity index (χ1) is 12.1. The van der Waals surface area contributed by atoms with Crippen molar-refractivity contribution in [3.63, 3.8) is 0 Å². The molecule has 2 N–H and O–H groups in total. The molecule has 1 heterocycles. The molecule has 1 aromatic heterocycles. The van der Waals surface area contributed by atoms with Crippen molar-refractivity contribution in [1.29, 1.82) is 0 Å². The molecule has 0 radical (unpaired) electrons. The minimum absolute atomic E-state index is 0.181. The Bertz CT molecular complexity index is 979. The highest BCUT2D eigenvalue weighted by molar-refractivity contribution is 5.78. The van der Waals surface area contributed by atoms with E-state index in [0.717, 1.165) is 23.8 Å². The molecule has 5 heteroatoms. The van der Waals surface area contributed by atoms with E-state index in [-0.39, 0.29) is 17.1 Å². The van der Waals surface area contributed by atoms with Crippen LogP contribution in [-0.2, 0) is 13.1 Å². The normalized spacial score (nSPS) is 14.3. The van der Waals surface area contributed by atoms with E-state index in [1.807, 2.05) is 18.2 Å². The van der Waals surface area contributed by atoms with E-state index < -0.39 is 0 Å². The van der Waals surface area contributed by atoms with E-state index in [2.05, 4.69) is 9.88 Å². The van der Waals surface area contributed by atoms with Crippen LogP contribution >= 0.6 is 0 Å². The molecule has 1 saturated carbocycles. The number of aromatic hydroxyl groups is 1. The molecule has 3 aromatic rings. The average molecular weight is 338 g/mol. The predicted octanol–water partition coefficient (Wildman–Crippen LogP) is 3.54. The van der Waals surface area contributed by atoms with Gasteiger partial charge in [-0.25, -0.2) is 4.39 Å². The molecule has 4 nitrogen and oxygen atoms in total. The van der Waals surface area contributed by atoms with E-state index in [9.17, 15) is 14.3 Å². The molecule has 2 aromatic carbocycles. The Labute approximate surface area is 144 Å². The average Bonchev–Trinajstić information content (AvgIpc) is 3.40. The van der Waals surface area contributed by atoms with Gasteiger partial charge in [-0.15, -0.1) is 0 Å². The molecule has 1 aliphatic carbocycles. The molecule has 0 atom stereocenters. The Hall–Kier alpha value is -2.66. The maximum absolute atomic E-state index is 13.3. The van der Waals surface area contributed by atoms with Crippen LogP contribution in [0, 0.1) is 5.82 Å². The highest BCUT2D eigenvalue weighted by Gasteiger charge is 2.29. The van der Waals surface area contributed by atoms with Crippen LogP contribution in [0.5, 0.6) is 5.75 Å². The van der Waals surface area contributed by atoms with Gasteiger partial charge in [0.05, 0.1) is 5.52 Å². The van der Waals surface area contributed by atoms with E-state index in [1.54, 1.807) is 18.2 Å². The van der Waals surface area contributed by atoms with Crippen molar-refractivity contribution in [2.24, 2.45) is 0 Å². The van der Waals surface area contributed by atoms with Crippen molar-refractivity contribution in [2.75, 3.05) is 0 Å². The van der Waals surface area contributed by atoms with Crippen molar-refractivity contribution >= 4 is 10.9 Å². The number of hydrogen-bond donors (Lipinski definition) is 2. The Morgan fingerprint density at radius 2 is 1.96 bits per heavy atom. The Morgan fingerprint density at radius 1 is 1.12 bits per heavy atom. The zero-order chi connectivity index (χ0) is 17.4. The van der Waals surface area contributed by atoms with Crippen molar-refractivity contribution in [3.8, 4) is 5.75 Å². The summed E-state index contributed by atoms with van der Waals surface area (Å²) in [7, 11) is 0. The van der Waals surface area contributed by atoms with E-state index >= 15 is 0 Å². The fraction of sp³-hybridized carbons (Fsp3) is 0.250. The van der Waals surface area contributed by atoms with Gasteiger partial charge in [-0.3, -0.25) is 9.69 Å². The number of nitrogens with one attached hydrogen (secondary N) is 1. The van der Waals surface area contributed by atoms with Gasteiger partial charge in [0.25, 0.3) is 5.56 Å². The molecule has 128 valence electrons. The second-order valence-corrected chi connectivity index (χ2v) is 6.66. The van der Waals surface area contributed by atoms with Crippen molar-refractivity contribution in [2.45, 2.75) is 32.0 Å². The lowest BCUT2D eigenvalue weighted by Crippen LogP contribution is -2.28. The quantitative estimate of drug-likeness (QED) is 0.748. The van der Waals surface area contributed by atoms with Gasteiger partial charge >= 0.3 is 0 Å². The number of benzene rings is 2. The number of hydrogen-bond acceptors (Lipinski definition) is 3. The van der Waals surface area contributed by atoms with Gasteiger partial charge in [0, 0.05) is 24.7 Å². The molecule has 25 heavy (non-hydrogen) atoms. The minimum Gasteiger partial charge on any atom is -0.508 e. The molecule has 0 bridgehead atoms. The van der Waals surface area contributed by atoms with Gasteiger partial charge < -0.3 is 10.1 Å². The van der Waals surface area contributed by atoms with Crippen LogP contribution in [0.2, 0.25) is 0 Å². The van der Waals surface area contributed by atoms with Gasteiger partial charge in [-0.05, 0) is 60.2 Å². The lowest BCUT2D eigenvalue weighted by atomic mass is 10.1. The van der Waals surface area contributed by atoms with Gasteiger partial charge in [0.2, 0.25) is 0 Å². The third kappa shape index (κ3) is 3.56. The smallest absolute Gasteiger partial charge is 0.252 e. The standard InChI is InChI=1S/C20H19FN2O2/c21-16-5-4-14-9-15(20(25)22-19(14)10-16)12-23(17-6-7-17)11-13-2-1-3-18(24)8-13/h1-5,8-10,17,24H,6-7,11-12H2,(H,22,25). The van der Waals surface area contributed by atoms with Crippen LogP contribution < -0.4 is 5.56 Å². The molecule has 0 saturated heterocycles. The maximum atomic E-state index is 13.3. The summed E-state index contributed by atoms with van der Waals surface area (Å²) in [6, 6.07) is 13.9. The largest absolute Gasteiger partial charge is 0.508 e. The molecule has 0 aliphatic heterocycles. The molecular weight excluding hydrogens is 319 g/mol. The van der Waals surface area contributed by atoms with E-state index in [0.29, 0.717) is 30.2 Å². The topological polar surface area (TPSA) is 56.3 Å². The monoisotopic (exact) mass is 338 g/mol. The molecular formula is C20H19FN2O2. The predicted molar refractivity (Wildman–Crippen MR) is 94.9 cm³/mol. The van der Waals surface area contributed by atoms with E-state index in [4.69, 9.17) is 0 Å². The highest BCUT2D eigenvalue weighted by Crippen LogP contribution is 2.30. The SMILES string of the molecule is O=c1[nH]c2cc(F)ccc2cc1CN(Cc1cccc(O)c1)C1CC1. The second-order valence-electron chi connectivity index (χ2n) is 6.66. The molecule has 1 aliphatic rings. The summed E-state index contributed by atoms with van der Waals surface area (Å²) < 4.78 is 13.3. The van der Waals surface area contributed by atoms with Crippen LogP contribution in [0.25, 0.3) is 10.9 Å². The number of fused-ring (bicyclic) bond motifs is 1. The Kier molecular flexibility index (Phi) is 4.01. The highest BCUT2D eigenvalue weighted by atomic mass is 19.1. The summed E-state index contributed by atoms with van der Waals surface area (Å²) in [5.74, 6) is -0.113. The van der Waals surface area contributed by atoms with Crippen molar-refractivity contribution in [3.05, 3.63) is 75.8 Å². The molecule has 0 unspecified atom stereocenters. The van der Waals surface area contributed by atoms with Gasteiger partial charge in [0.1, 0.15) is 11.6 Å². The number of aromatic amines is 1. The molecule has 0 spiro atoms. The van der Waals surface area contributed by atoms with Crippen molar-refractivity contribution in [1.82, 2.24) is 9.88 Å². The third-order valence-electron chi connectivity index (χ3n) is 4.62. The fourth-order valence-corrected chi connectivity index (χ4v) is 3.20. The summed E-state index contributed by atoms with van der Waals surface area (Å²) in [6.45, 7) is 1.21. The van der Waals surface area contributed by atoms with Gasteiger partial charge in [-0.1, -0.05) is 12.1 Å². The lowest BCUT2D eigenvalue weighted by Gasteiger charge is -2.22. The number of pyridine rings is 1. The van der Waals surface area contributed by atoms with Crippen LogP contribution in [0.3, 0.4) is 0 Å². The summed E-state index contributed by atoms with van der Waals surface area (Å²) >= 11 is 0. The first kappa shape index (κ1) is 15.8. The molecule has 1 fully saturated rings. The number of halogens is 1. The van der Waals surface area contributed by atoms with Crippen LogP contribution in [0.15, 0.2) is 53.3 Å². The number of rotatable bonds is 5. The summed E-state index contributed by atoms with van der Waals surface area (Å²) in [5, 5.41) is 10.5. The molecule has 4 rings (SSSR count). The van der Waals surface area contributed by atoms with E-state index in [1.165, 1.54) is 12.1 Å². The zero-order valence-electron chi connectivity index (χ0n) is 13.7. The lowest BCUT2D eigenvalue weighted by molar-refractivity contribution is 0.244. The molecule has 0 amide bonds. The summed E-state index contributed by atoms with van der Waals surface area (Å²) in [5.41, 5.74) is 2.02. The summed E-state index contributed by atoms with van der Waals surface area (Å²) in [6.07, 6.45) is 2.24. The van der Waals surface area contributed by atoms with Crippen LogP contribution in [0.1, 0.15) is 24.0 Å². The van der Waals surface area contributed by atoms with Gasteiger partial charge in [-0.2, -0.15) is 0 Å².